The van der Waals surface area contributed by atoms with E-state index in [1.54, 1.807) is 0 Å². The van der Waals surface area contributed by atoms with Crippen LogP contribution in [0.1, 0.15) is 0 Å². The molecule has 0 bridgehead atoms. The summed E-state index contributed by atoms with van der Waals surface area (Å²) in [6, 6.07) is 62.6. The van der Waals surface area contributed by atoms with Crippen LogP contribution in [-0.2, 0) is 0 Å². The number of rotatable bonds is 1. The van der Waals surface area contributed by atoms with Gasteiger partial charge in [-0.3, -0.25) is 0 Å². The van der Waals surface area contributed by atoms with E-state index in [0.717, 1.165) is 34.4 Å². The van der Waals surface area contributed by atoms with Crippen molar-refractivity contribution < 1.29 is 9.47 Å². The SMILES string of the molecule is c1ccc(N2c3c(ccc4c3Oc3c5c(cc6sc7ccccc7c36)-n3c6ccccc6c6cccc(c63)B45)B3c4ccccc4Oc4cc5sc6ccccc6c5c2c43)cc1. The molecule has 0 atom stereocenters. The monoisotopic (exact) mass is 822 g/mol. The van der Waals surface area contributed by atoms with Crippen LogP contribution in [-0.4, -0.2) is 18.0 Å². The van der Waals surface area contributed by atoms with E-state index >= 15 is 0 Å². The molecule has 4 nitrogen and oxygen atoms in total. The molecule has 12 aromatic rings. The predicted molar refractivity (Wildman–Crippen MR) is 264 cm³/mol. The van der Waals surface area contributed by atoms with Crippen LogP contribution in [0.15, 0.2) is 170 Å². The summed E-state index contributed by atoms with van der Waals surface area (Å²) in [6.07, 6.45) is 0. The molecule has 8 heteroatoms. The lowest BCUT2D eigenvalue weighted by molar-refractivity contribution is 0.487. The number of thiophene rings is 2. The maximum absolute atomic E-state index is 7.90. The quantitative estimate of drug-likeness (QED) is 0.154. The molecule has 0 saturated heterocycles. The van der Waals surface area contributed by atoms with Gasteiger partial charge in [0.25, 0.3) is 13.4 Å². The molecule has 0 amide bonds. The number of ether oxygens (including phenoxy) is 2. The topological polar surface area (TPSA) is 26.6 Å². The molecule has 0 saturated carbocycles. The third kappa shape index (κ3) is 3.84. The second-order valence-electron chi connectivity index (χ2n) is 17.0. The minimum absolute atomic E-state index is 0.0630. The number of nitrogens with zero attached hydrogens (tertiary/aromatic N) is 2. The average molecular weight is 823 g/mol. The number of aromatic nitrogens is 1. The highest BCUT2D eigenvalue weighted by molar-refractivity contribution is 7.26. The first-order chi connectivity index (χ1) is 30.8. The maximum Gasteiger partial charge on any atom is 0.256 e. The van der Waals surface area contributed by atoms with E-state index in [0.29, 0.717) is 0 Å². The summed E-state index contributed by atoms with van der Waals surface area (Å²) in [5.41, 5.74) is 14.4. The lowest BCUT2D eigenvalue weighted by Crippen LogP contribution is -2.62. The summed E-state index contributed by atoms with van der Waals surface area (Å²) >= 11 is 3.70. The third-order valence-corrected chi connectivity index (χ3v) is 16.3. The molecule has 0 fully saturated rings. The zero-order valence-electron chi connectivity index (χ0n) is 32.8. The molecule has 0 radical (unpaired) electrons. The van der Waals surface area contributed by atoms with Crippen molar-refractivity contribution in [2.45, 2.75) is 0 Å². The van der Waals surface area contributed by atoms with Crippen LogP contribution in [0.2, 0.25) is 0 Å². The number of para-hydroxylation sites is 4. The van der Waals surface area contributed by atoms with Gasteiger partial charge in [-0.2, -0.15) is 0 Å². The van der Waals surface area contributed by atoms with Gasteiger partial charge < -0.3 is 18.9 Å². The average Bonchev–Trinajstić information content (AvgIpc) is 4.00. The Hall–Kier alpha value is -7.25. The molecule has 3 aromatic heterocycles. The zero-order valence-corrected chi connectivity index (χ0v) is 34.5. The van der Waals surface area contributed by atoms with Gasteiger partial charge in [-0.1, -0.05) is 121 Å². The van der Waals surface area contributed by atoms with Crippen LogP contribution in [0.3, 0.4) is 0 Å². The first kappa shape index (κ1) is 32.5. The Kier molecular flexibility index (Phi) is 5.96. The highest BCUT2D eigenvalue weighted by Gasteiger charge is 2.49. The summed E-state index contributed by atoms with van der Waals surface area (Å²) in [5, 5.41) is 7.49. The van der Waals surface area contributed by atoms with Gasteiger partial charge in [-0.25, -0.2) is 0 Å². The largest absolute Gasteiger partial charge is 0.458 e. The van der Waals surface area contributed by atoms with Crippen molar-refractivity contribution in [3.63, 3.8) is 0 Å². The van der Waals surface area contributed by atoms with Crippen molar-refractivity contribution in [2.75, 3.05) is 4.90 Å². The second-order valence-corrected chi connectivity index (χ2v) is 19.2. The van der Waals surface area contributed by atoms with Crippen molar-refractivity contribution >= 4 is 148 Å². The zero-order chi connectivity index (χ0) is 39.9. The molecule has 0 N–H and O–H groups in total. The number of hydrogen-bond acceptors (Lipinski definition) is 5. The highest BCUT2D eigenvalue weighted by atomic mass is 32.1. The van der Waals surface area contributed by atoms with Gasteiger partial charge in [0.2, 0.25) is 0 Å². The van der Waals surface area contributed by atoms with Crippen LogP contribution >= 0.6 is 22.7 Å². The first-order valence-corrected chi connectivity index (χ1v) is 22.9. The van der Waals surface area contributed by atoms with Crippen LogP contribution < -0.4 is 47.2 Å². The fourth-order valence-corrected chi connectivity index (χ4v) is 14.0. The van der Waals surface area contributed by atoms with Gasteiger partial charge in [0.05, 0.1) is 16.9 Å². The van der Waals surface area contributed by atoms with E-state index in [2.05, 4.69) is 179 Å². The number of benzene rings is 9. The highest BCUT2D eigenvalue weighted by Crippen LogP contribution is 2.53. The summed E-state index contributed by atoms with van der Waals surface area (Å²) in [6.45, 7) is -0.143. The summed E-state index contributed by atoms with van der Waals surface area (Å²) in [4.78, 5) is 2.53. The minimum Gasteiger partial charge on any atom is -0.458 e. The Morgan fingerprint density at radius 3 is 1.94 bits per heavy atom. The lowest BCUT2D eigenvalue weighted by atomic mass is 9.32. The minimum atomic E-state index is -0.0797. The van der Waals surface area contributed by atoms with Crippen molar-refractivity contribution in [3.8, 4) is 28.7 Å². The van der Waals surface area contributed by atoms with E-state index in [-0.39, 0.29) is 13.4 Å². The maximum atomic E-state index is 7.90. The molecule has 4 aliphatic heterocycles. The van der Waals surface area contributed by atoms with E-state index in [1.807, 2.05) is 22.7 Å². The molecule has 62 heavy (non-hydrogen) atoms. The van der Waals surface area contributed by atoms with Gasteiger partial charge in [0, 0.05) is 68.0 Å². The lowest BCUT2D eigenvalue weighted by Gasteiger charge is -2.43. The van der Waals surface area contributed by atoms with E-state index in [1.165, 1.54) is 106 Å². The van der Waals surface area contributed by atoms with Gasteiger partial charge in [-0.15, -0.1) is 22.7 Å². The Morgan fingerprint density at radius 1 is 0.419 bits per heavy atom. The Labute approximate surface area is 363 Å². The molecule has 7 heterocycles. The van der Waals surface area contributed by atoms with Gasteiger partial charge in [0.15, 0.2) is 0 Å². The summed E-state index contributed by atoms with van der Waals surface area (Å²) in [5.74, 6) is 3.71. The van der Waals surface area contributed by atoms with Gasteiger partial charge in [0.1, 0.15) is 23.0 Å². The smallest absolute Gasteiger partial charge is 0.256 e. The molecule has 0 unspecified atom stereocenters. The number of hydrogen-bond donors (Lipinski definition) is 0. The van der Waals surface area contributed by atoms with Crippen molar-refractivity contribution in [2.24, 2.45) is 0 Å². The molecular formula is C54H28B2N2O2S2. The first-order valence-electron chi connectivity index (χ1n) is 21.2. The van der Waals surface area contributed by atoms with Crippen molar-refractivity contribution in [1.82, 2.24) is 4.57 Å². The fraction of sp³-hybridized carbons (Fsp3) is 0. The van der Waals surface area contributed by atoms with Crippen molar-refractivity contribution in [3.05, 3.63) is 170 Å². The number of anilines is 3. The van der Waals surface area contributed by atoms with Crippen LogP contribution in [0.25, 0.3) is 67.8 Å². The molecule has 16 rings (SSSR count). The van der Waals surface area contributed by atoms with Crippen LogP contribution in [0.4, 0.5) is 17.1 Å². The molecule has 4 aliphatic rings. The van der Waals surface area contributed by atoms with Crippen LogP contribution in [0, 0.1) is 0 Å². The Bertz CT molecular complexity index is 4040. The van der Waals surface area contributed by atoms with E-state index < -0.39 is 0 Å². The fourth-order valence-electron chi connectivity index (χ4n) is 11.7. The van der Waals surface area contributed by atoms with Crippen molar-refractivity contribution in [1.29, 1.82) is 0 Å². The normalized spacial score (nSPS) is 14.0. The molecular weight excluding hydrogens is 794 g/mol. The Morgan fingerprint density at radius 2 is 1.08 bits per heavy atom. The standard InChI is InChI=1S/C54H28B2N2O2S2/c1-2-13-29(14-3-1)57-51-36(55-34-19-7-9-22-40(34)59-41-28-45-46(52(57)49(41)55)32-16-5-10-23-42(32)62-45)25-26-37-53(51)60-54-47-33-17-6-11-24-43(33)61-44(47)27-39-48(54)56(37)35-20-12-18-31-30-15-4-8-21-38(30)58(39)50(31)35/h1-28H. The molecule has 0 aliphatic carbocycles. The van der Waals surface area contributed by atoms with E-state index in [4.69, 9.17) is 9.47 Å². The van der Waals surface area contributed by atoms with Gasteiger partial charge in [-0.05, 0) is 81.3 Å². The van der Waals surface area contributed by atoms with E-state index in [9.17, 15) is 0 Å². The summed E-state index contributed by atoms with van der Waals surface area (Å²) in [7, 11) is 0. The predicted octanol–water partition coefficient (Wildman–Crippen LogP) is 10.9. The third-order valence-electron chi connectivity index (χ3n) is 14.1. The van der Waals surface area contributed by atoms with Crippen LogP contribution in [0.5, 0.6) is 23.0 Å². The Balaban J connectivity index is 1.10. The van der Waals surface area contributed by atoms with Gasteiger partial charge >= 0.3 is 0 Å². The number of fused-ring (bicyclic) bond motifs is 20. The molecule has 9 aromatic carbocycles. The molecule has 284 valence electrons. The second kappa shape index (κ2) is 11.4. The molecule has 0 spiro atoms. The summed E-state index contributed by atoms with van der Waals surface area (Å²) < 4.78 is 22.4.